The maximum atomic E-state index is 9.93. The second kappa shape index (κ2) is 7.40. The molecule has 3 rings (SSSR count). The molecule has 0 unspecified atom stereocenters. The Balaban J connectivity index is 1.91. The molecule has 0 radical (unpaired) electrons. The molecule has 0 aliphatic rings. The number of phenols is 3. The monoisotopic (exact) mass is 334 g/mol. The molecule has 0 bridgehead atoms. The average Bonchev–Trinajstić information content (AvgIpc) is 2.66. The van der Waals surface area contributed by atoms with Crippen LogP contribution in [0, 0.1) is 0 Å². The minimum atomic E-state index is -0.557. The predicted molar refractivity (Wildman–Crippen MR) is 98.1 cm³/mol. The number of nitrogens with zero attached hydrogens (tertiary/aromatic N) is 2. The van der Waals surface area contributed by atoms with Crippen molar-refractivity contribution in [2.45, 2.75) is 6.54 Å². The normalized spacial score (nSPS) is 10.9. The molecular formula is C20H18N2O3. The summed E-state index contributed by atoms with van der Waals surface area (Å²) < 4.78 is 0. The summed E-state index contributed by atoms with van der Waals surface area (Å²) in [5.74, 6) is -1.34. The highest BCUT2D eigenvalue weighted by atomic mass is 16.3. The van der Waals surface area contributed by atoms with Crippen molar-refractivity contribution in [3.8, 4) is 17.2 Å². The van der Waals surface area contributed by atoms with Crippen molar-refractivity contribution in [1.82, 2.24) is 0 Å². The van der Waals surface area contributed by atoms with E-state index in [0.717, 1.165) is 11.3 Å². The summed E-state index contributed by atoms with van der Waals surface area (Å²) in [6.45, 7) is 0.548. The molecule has 0 aliphatic carbocycles. The molecule has 0 heterocycles. The van der Waals surface area contributed by atoms with Crippen LogP contribution in [-0.2, 0) is 6.54 Å². The molecule has 0 saturated heterocycles. The second-order valence-electron chi connectivity index (χ2n) is 5.49. The molecule has 0 saturated carbocycles. The third-order valence-electron chi connectivity index (χ3n) is 3.73. The second-order valence-corrected chi connectivity index (χ2v) is 5.49. The highest BCUT2D eigenvalue weighted by Crippen LogP contribution is 2.36. The third-order valence-corrected chi connectivity index (χ3v) is 3.73. The number of anilines is 1. The smallest absolute Gasteiger partial charge is 0.200 e. The Morgan fingerprint density at radius 3 is 2.08 bits per heavy atom. The van der Waals surface area contributed by atoms with Crippen LogP contribution in [0.25, 0.3) is 0 Å². The molecule has 5 nitrogen and oxygen atoms in total. The molecule has 3 aromatic rings. The van der Waals surface area contributed by atoms with E-state index < -0.39 is 11.5 Å². The molecule has 0 amide bonds. The van der Waals surface area contributed by atoms with Crippen LogP contribution < -0.4 is 5.01 Å². The molecule has 0 fully saturated rings. The van der Waals surface area contributed by atoms with Gasteiger partial charge in [0.05, 0.1) is 18.4 Å². The van der Waals surface area contributed by atoms with E-state index in [-0.39, 0.29) is 5.75 Å². The van der Waals surface area contributed by atoms with Crippen LogP contribution in [-0.4, -0.2) is 21.5 Å². The highest BCUT2D eigenvalue weighted by Gasteiger charge is 2.10. The summed E-state index contributed by atoms with van der Waals surface area (Å²) in [6, 6.07) is 22.3. The largest absolute Gasteiger partial charge is 0.504 e. The van der Waals surface area contributed by atoms with E-state index in [1.54, 1.807) is 5.01 Å². The topological polar surface area (TPSA) is 76.3 Å². The van der Waals surface area contributed by atoms with Gasteiger partial charge in [-0.15, -0.1) is 0 Å². The van der Waals surface area contributed by atoms with Gasteiger partial charge in [0.25, 0.3) is 0 Å². The molecule has 126 valence electrons. The molecule has 25 heavy (non-hydrogen) atoms. The van der Waals surface area contributed by atoms with E-state index in [2.05, 4.69) is 5.10 Å². The van der Waals surface area contributed by atoms with Gasteiger partial charge in [0.1, 0.15) is 0 Å². The Labute approximate surface area is 145 Å². The van der Waals surface area contributed by atoms with Gasteiger partial charge in [-0.3, -0.25) is 5.01 Å². The summed E-state index contributed by atoms with van der Waals surface area (Å²) in [5.41, 5.74) is 2.29. The maximum absolute atomic E-state index is 9.93. The van der Waals surface area contributed by atoms with Crippen LogP contribution >= 0.6 is 0 Å². The Bertz CT molecular complexity index is 865. The molecule has 0 aromatic heterocycles. The van der Waals surface area contributed by atoms with Crippen molar-refractivity contribution in [3.05, 3.63) is 83.9 Å². The molecule has 3 aromatic carbocycles. The molecule has 0 aliphatic heterocycles. The molecule has 5 heteroatoms. The molecule has 3 N–H and O–H groups in total. The summed E-state index contributed by atoms with van der Waals surface area (Å²) in [6.07, 6.45) is 1.45. The van der Waals surface area contributed by atoms with Crippen molar-refractivity contribution in [2.75, 3.05) is 5.01 Å². The zero-order chi connectivity index (χ0) is 17.6. The van der Waals surface area contributed by atoms with E-state index in [9.17, 15) is 15.3 Å². The van der Waals surface area contributed by atoms with Gasteiger partial charge >= 0.3 is 0 Å². The third kappa shape index (κ3) is 3.90. The summed E-state index contributed by atoms with van der Waals surface area (Å²) >= 11 is 0. The van der Waals surface area contributed by atoms with Gasteiger partial charge in [0.15, 0.2) is 11.5 Å². The van der Waals surface area contributed by atoms with Gasteiger partial charge in [-0.25, -0.2) is 0 Å². The van der Waals surface area contributed by atoms with Crippen LogP contribution in [0.3, 0.4) is 0 Å². The molecule has 0 atom stereocenters. The zero-order valence-corrected chi connectivity index (χ0v) is 13.4. The van der Waals surface area contributed by atoms with Crippen LogP contribution in [0.1, 0.15) is 11.1 Å². The summed E-state index contributed by atoms with van der Waals surface area (Å²) in [4.78, 5) is 0. The van der Waals surface area contributed by atoms with E-state index in [0.29, 0.717) is 12.1 Å². The Morgan fingerprint density at radius 1 is 0.760 bits per heavy atom. The standard InChI is InChI=1S/C20H18N2O3/c23-18-12-11-16(19(24)20(18)25)13-21-22(17-9-5-2-6-10-17)14-15-7-3-1-4-8-15/h1-13,23-25H,14H2. The number of hydrogen-bond donors (Lipinski definition) is 3. The average molecular weight is 334 g/mol. The minimum Gasteiger partial charge on any atom is -0.504 e. The molecular weight excluding hydrogens is 316 g/mol. The number of hydrogen-bond acceptors (Lipinski definition) is 5. The van der Waals surface area contributed by atoms with Crippen LogP contribution in [0.15, 0.2) is 77.9 Å². The lowest BCUT2D eigenvalue weighted by atomic mass is 10.2. The number of hydrazone groups is 1. The fourth-order valence-electron chi connectivity index (χ4n) is 2.38. The van der Waals surface area contributed by atoms with Crippen molar-refractivity contribution in [1.29, 1.82) is 0 Å². The van der Waals surface area contributed by atoms with Gasteiger partial charge in [0, 0.05) is 5.56 Å². The van der Waals surface area contributed by atoms with E-state index >= 15 is 0 Å². The fourth-order valence-corrected chi connectivity index (χ4v) is 2.38. The van der Waals surface area contributed by atoms with E-state index in [1.165, 1.54) is 18.3 Å². The first-order valence-electron chi connectivity index (χ1n) is 7.79. The van der Waals surface area contributed by atoms with Gasteiger partial charge < -0.3 is 15.3 Å². The van der Waals surface area contributed by atoms with Crippen molar-refractivity contribution < 1.29 is 15.3 Å². The SMILES string of the molecule is Oc1ccc(C=NN(Cc2ccccc2)c2ccccc2)c(O)c1O. The Morgan fingerprint density at radius 2 is 1.40 bits per heavy atom. The van der Waals surface area contributed by atoms with E-state index in [4.69, 9.17) is 0 Å². The van der Waals surface area contributed by atoms with E-state index in [1.807, 2.05) is 60.7 Å². The number of aromatic hydroxyl groups is 3. The van der Waals surface area contributed by atoms with Gasteiger partial charge in [-0.1, -0.05) is 48.5 Å². The lowest BCUT2D eigenvalue weighted by molar-refractivity contribution is 0.367. The first-order valence-corrected chi connectivity index (χ1v) is 7.79. The van der Waals surface area contributed by atoms with Crippen LogP contribution in [0.4, 0.5) is 5.69 Å². The van der Waals surface area contributed by atoms with Crippen LogP contribution in [0.2, 0.25) is 0 Å². The van der Waals surface area contributed by atoms with Gasteiger partial charge in [-0.2, -0.15) is 5.10 Å². The van der Waals surface area contributed by atoms with Crippen molar-refractivity contribution in [2.24, 2.45) is 5.10 Å². The molecule has 0 spiro atoms. The summed E-state index contributed by atoms with van der Waals surface area (Å²) in [5, 5.41) is 35.2. The number of benzene rings is 3. The van der Waals surface area contributed by atoms with Crippen molar-refractivity contribution >= 4 is 11.9 Å². The first-order chi connectivity index (χ1) is 12.1. The number of rotatable bonds is 5. The van der Waals surface area contributed by atoms with Gasteiger partial charge in [0.2, 0.25) is 5.75 Å². The van der Waals surface area contributed by atoms with Crippen molar-refractivity contribution in [3.63, 3.8) is 0 Å². The predicted octanol–water partition coefficient (Wildman–Crippen LogP) is 3.84. The Kier molecular flexibility index (Phi) is 4.85. The lowest BCUT2D eigenvalue weighted by Gasteiger charge is -2.19. The van der Waals surface area contributed by atoms with Crippen LogP contribution in [0.5, 0.6) is 17.2 Å². The highest BCUT2D eigenvalue weighted by molar-refractivity contribution is 5.86. The number of phenolic OH excluding ortho intramolecular Hbond substituents is 3. The van der Waals surface area contributed by atoms with Gasteiger partial charge in [-0.05, 0) is 29.8 Å². The first kappa shape index (κ1) is 16.4. The minimum absolute atomic E-state index is 0.310. The number of para-hydroxylation sites is 1. The fraction of sp³-hybridized carbons (Fsp3) is 0.0500. The summed E-state index contributed by atoms with van der Waals surface area (Å²) in [7, 11) is 0. The Hall–Kier alpha value is -3.47. The quantitative estimate of drug-likeness (QED) is 0.376. The lowest BCUT2D eigenvalue weighted by Crippen LogP contribution is -2.16. The zero-order valence-electron chi connectivity index (χ0n) is 13.4. The maximum Gasteiger partial charge on any atom is 0.200 e.